The fourth-order valence-electron chi connectivity index (χ4n) is 6.71. The minimum atomic E-state index is 0.0225. The van der Waals surface area contributed by atoms with E-state index in [1.54, 1.807) is 0 Å². The van der Waals surface area contributed by atoms with Crippen molar-refractivity contribution in [3.63, 3.8) is 0 Å². The molecule has 0 unspecified atom stereocenters. The topological polar surface area (TPSA) is 66.2 Å². The summed E-state index contributed by atoms with van der Waals surface area (Å²) < 4.78 is 13.2. The van der Waals surface area contributed by atoms with E-state index >= 15 is 0 Å². The lowest BCUT2D eigenvalue weighted by molar-refractivity contribution is -0.670. The Bertz CT molecular complexity index is 1230. The molecule has 0 spiro atoms. The summed E-state index contributed by atoms with van der Waals surface area (Å²) in [5.41, 5.74) is 2.17. The highest BCUT2D eigenvalue weighted by atomic mass is 16.7. The summed E-state index contributed by atoms with van der Waals surface area (Å²) in [6.45, 7) is 12.4. The number of aryl methyl sites for hydroxylation is 1. The van der Waals surface area contributed by atoms with Crippen LogP contribution in [0.4, 0.5) is 5.69 Å². The fraction of sp³-hybridized carbons (Fsp3) is 0.594. The zero-order valence-electron chi connectivity index (χ0n) is 24.8. The molecule has 1 aromatic carbocycles. The average Bonchev–Trinajstić information content (AvgIpc) is 3.57. The van der Waals surface area contributed by atoms with Gasteiger partial charge in [0.1, 0.15) is 12.7 Å². The van der Waals surface area contributed by atoms with E-state index < -0.39 is 0 Å². The number of aromatic nitrogens is 1. The van der Waals surface area contributed by atoms with Crippen LogP contribution >= 0.6 is 0 Å². The number of pyridine rings is 1. The molecule has 0 N–H and O–H groups in total. The van der Waals surface area contributed by atoms with Crippen LogP contribution in [-0.2, 0) is 16.6 Å². The van der Waals surface area contributed by atoms with E-state index in [0.29, 0.717) is 25.4 Å². The first-order valence-corrected chi connectivity index (χ1v) is 14.8. The molecule has 2 fully saturated rings. The number of benzene rings is 1. The number of ether oxygens (including phenoxy) is 2. The summed E-state index contributed by atoms with van der Waals surface area (Å²) in [5, 5.41) is 0. The van der Waals surface area contributed by atoms with Gasteiger partial charge in [0.2, 0.25) is 18.6 Å². The number of carbonyl (C=O) groups is 2. The summed E-state index contributed by atoms with van der Waals surface area (Å²) in [6, 6.07) is 10.5. The summed E-state index contributed by atoms with van der Waals surface area (Å²) in [6.07, 6.45) is 7.45. The van der Waals surface area contributed by atoms with E-state index in [2.05, 4.69) is 44.7 Å². The number of unbranched alkanes of at least 4 members (excludes halogenated alkanes) is 1. The van der Waals surface area contributed by atoms with Gasteiger partial charge in [0.15, 0.2) is 23.9 Å². The van der Waals surface area contributed by atoms with Gasteiger partial charge in [0.05, 0.1) is 6.54 Å². The largest absolute Gasteiger partial charge is 0.454 e. The molecule has 3 aliphatic rings. The van der Waals surface area contributed by atoms with Crippen molar-refractivity contribution in [3.8, 4) is 11.5 Å². The number of anilines is 1. The van der Waals surface area contributed by atoms with Gasteiger partial charge in [-0.05, 0) is 47.9 Å². The lowest BCUT2D eigenvalue weighted by Crippen LogP contribution is -2.45. The molecule has 8 nitrogen and oxygen atoms in total. The molecule has 0 saturated carbocycles. The van der Waals surface area contributed by atoms with Gasteiger partial charge in [-0.25, -0.2) is 4.57 Å². The van der Waals surface area contributed by atoms with Crippen LogP contribution < -0.4 is 18.9 Å². The van der Waals surface area contributed by atoms with Crippen molar-refractivity contribution in [1.29, 1.82) is 0 Å². The summed E-state index contributed by atoms with van der Waals surface area (Å²) in [5.74, 6) is 2.53. The van der Waals surface area contributed by atoms with Crippen molar-refractivity contribution in [3.05, 3.63) is 48.3 Å². The van der Waals surface area contributed by atoms with Crippen LogP contribution in [0.25, 0.3) is 0 Å². The molecule has 5 rings (SSSR count). The quantitative estimate of drug-likeness (QED) is 0.417. The highest BCUT2D eigenvalue weighted by Crippen LogP contribution is 2.42. The van der Waals surface area contributed by atoms with Crippen LogP contribution in [0.15, 0.2) is 42.7 Å². The zero-order valence-corrected chi connectivity index (χ0v) is 24.8. The monoisotopic (exact) mass is 549 g/mol. The number of likely N-dealkylation sites (tertiary alicyclic amines) is 2. The highest BCUT2D eigenvalue weighted by Gasteiger charge is 2.42. The molecule has 4 heterocycles. The lowest BCUT2D eigenvalue weighted by atomic mass is 9.85. The third-order valence-corrected chi connectivity index (χ3v) is 8.87. The van der Waals surface area contributed by atoms with Crippen molar-refractivity contribution in [2.24, 2.45) is 18.4 Å². The Kier molecular flexibility index (Phi) is 8.36. The van der Waals surface area contributed by atoms with E-state index in [0.717, 1.165) is 56.1 Å². The van der Waals surface area contributed by atoms with Gasteiger partial charge in [-0.15, -0.1) is 0 Å². The molecule has 40 heavy (non-hydrogen) atoms. The van der Waals surface area contributed by atoms with Crippen molar-refractivity contribution in [2.75, 3.05) is 44.4 Å². The van der Waals surface area contributed by atoms with E-state index in [1.165, 1.54) is 5.56 Å². The molecule has 216 valence electrons. The first kappa shape index (κ1) is 28.4. The Morgan fingerprint density at radius 1 is 1.20 bits per heavy atom. The maximum atomic E-state index is 13.9. The Balaban J connectivity index is 1.37. The Morgan fingerprint density at radius 2 is 2.00 bits per heavy atom. The minimum Gasteiger partial charge on any atom is -0.454 e. The van der Waals surface area contributed by atoms with Gasteiger partial charge < -0.3 is 19.3 Å². The van der Waals surface area contributed by atoms with Crippen LogP contribution in [0.1, 0.15) is 64.9 Å². The summed E-state index contributed by atoms with van der Waals surface area (Å²) in [4.78, 5) is 33.0. The van der Waals surface area contributed by atoms with E-state index in [9.17, 15) is 9.59 Å². The van der Waals surface area contributed by atoms with Gasteiger partial charge in [-0.1, -0.05) is 40.2 Å². The normalized spacial score (nSPS) is 23.7. The maximum Gasteiger partial charge on any atom is 0.241 e. The lowest BCUT2D eigenvalue weighted by Gasteiger charge is -2.31. The maximum absolute atomic E-state index is 13.9. The molecule has 3 atom stereocenters. The predicted octanol–water partition coefficient (Wildman–Crippen LogP) is 4.13. The molecule has 0 radical (unpaired) electrons. The van der Waals surface area contributed by atoms with Gasteiger partial charge in [0.25, 0.3) is 0 Å². The highest BCUT2D eigenvalue weighted by molar-refractivity contribution is 5.94. The number of carbonyl (C=O) groups excluding carboxylic acids is 2. The zero-order chi connectivity index (χ0) is 28.4. The first-order valence-electron chi connectivity index (χ1n) is 14.8. The van der Waals surface area contributed by atoms with Crippen LogP contribution in [0, 0.1) is 11.3 Å². The van der Waals surface area contributed by atoms with Crippen molar-refractivity contribution < 1.29 is 23.6 Å². The third-order valence-electron chi connectivity index (χ3n) is 8.87. The number of amides is 2. The Morgan fingerprint density at radius 3 is 2.73 bits per heavy atom. The van der Waals surface area contributed by atoms with E-state index in [1.807, 2.05) is 52.0 Å². The van der Waals surface area contributed by atoms with E-state index in [-0.39, 0.29) is 36.0 Å². The summed E-state index contributed by atoms with van der Waals surface area (Å²) >= 11 is 0. The molecular weight excluding hydrogens is 504 g/mol. The third kappa shape index (κ3) is 6.12. The molecule has 1 aromatic heterocycles. The fourth-order valence-corrected chi connectivity index (χ4v) is 6.71. The molecule has 2 saturated heterocycles. The number of fused-ring (bicyclic) bond motifs is 1. The van der Waals surface area contributed by atoms with Crippen LogP contribution in [0.5, 0.6) is 11.5 Å². The number of nitrogens with zero attached hydrogens (tertiary/aromatic N) is 4. The smallest absolute Gasteiger partial charge is 0.241 e. The van der Waals surface area contributed by atoms with Gasteiger partial charge in [0, 0.05) is 50.6 Å². The molecular formula is C32H45N4O4+. The number of hydrogen-bond donors (Lipinski definition) is 0. The molecule has 0 aliphatic carbocycles. The second kappa shape index (κ2) is 11.8. The number of rotatable bonds is 10. The second-order valence-corrected chi connectivity index (χ2v) is 12.6. The van der Waals surface area contributed by atoms with Crippen molar-refractivity contribution in [2.45, 2.75) is 65.3 Å². The molecule has 2 aromatic rings. The van der Waals surface area contributed by atoms with Gasteiger partial charge in [-0.2, -0.15) is 0 Å². The SMILES string of the molecule is CCCCN(C(=O)CN1C[C@H](c2ccc3c(c2)OCO3)[C@@H](C)[C@@H]1CCN1CC(C)(C)CC1=O)c1ccc[n+](C)c1. The molecule has 0 bridgehead atoms. The van der Waals surface area contributed by atoms with Crippen LogP contribution in [0.3, 0.4) is 0 Å². The standard InChI is InChI=1S/C32H45N4O4/c1-6-7-14-36(25-9-8-13-33(5)18-25)31(38)20-35-19-26(24-10-11-28-29(16-24)40-22-39-28)23(2)27(35)12-15-34-21-32(3,4)17-30(34)37/h8-11,13,16,18,23,26-27H,6-7,12,14-15,17,19-22H2,1-5H3/q+1/t23-,26+,27+/m1/s1. The predicted molar refractivity (Wildman–Crippen MR) is 154 cm³/mol. The molecule has 3 aliphatic heterocycles. The van der Waals surface area contributed by atoms with Gasteiger partial charge >= 0.3 is 0 Å². The summed E-state index contributed by atoms with van der Waals surface area (Å²) in [7, 11) is 1.99. The number of hydrogen-bond acceptors (Lipinski definition) is 5. The van der Waals surface area contributed by atoms with Crippen molar-refractivity contribution in [1.82, 2.24) is 9.80 Å². The Labute approximate surface area is 238 Å². The van der Waals surface area contributed by atoms with Crippen molar-refractivity contribution >= 4 is 17.5 Å². The Hall–Kier alpha value is -3.13. The van der Waals surface area contributed by atoms with Crippen LogP contribution in [-0.4, -0.2) is 67.2 Å². The van der Waals surface area contributed by atoms with E-state index in [4.69, 9.17) is 9.47 Å². The molecule has 2 amide bonds. The molecule has 8 heteroatoms. The van der Waals surface area contributed by atoms with Crippen LogP contribution in [0.2, 0.25) is 0 Å². The second-order valence-electron chi connectivity index (χ2n) is 12.6. The van der Waals surface area contributed by atoms with Gasteiger partial charge in [-0.3, -0.25) is 14.5 Å². The first-order chi connectivity index (χ1) is 19.1. The minimum absolute atomic E-state index is 0.0225. The average molecular weight is 550 g/mol.